The summed E-state index contributed by atoms with van der Waals surface area (Å²) in [6, 6.07) is 7.94. The van der Waals surface area contributed by atoms with Crippen LogP contribution in [0.5, 0.6) is 0 Å². The lowest BCUT2D eigenvalue weighted by Gasteiger charge is -2.15. The Morgan fingerprint density at radius 2 is 2.04 bits per heavy atom. The number of aliphatic carboxylic acids is 1. The molecule has 7 nitrogen and oxygen atoms in total. The SMILES string of the molecule is Cc1nn(C)c(CC(NC(=O)OCc2ccccc2)C(=O)O)c1Cl. The smallest absolute Gasteiger partial charge is 0.408 e. The number of rotatable bonds is 6. The molecule has 24 heavy (non-hydrogen) atoms. The minimum absolute atomic E-state index is 0.00590. The number of amides is 1. The summed E-state index contributed by atoms with van der Waals surface area (Å²) in [6.45, 7) is 1.79. The number of carbonyl (C=O) groups excluding carboxylic acids is 1. The van der Waals surface area contributed by atoms with Crippen molar-refractivity contribution in [1.82, 2.24) is 15.1 Å². The predicted molar refractivity (Wildman–Crippen MR) is 87.8 cm³/mol. The number of benzene rings is 1. The highest BCUT2D eigenvalue weighted by molar-refractivity contribution is 6.31. The number of carbonyl (C=O) groups is 2. The molecule has 2 rings (SSSR count). The van der Waals surface area contributed by atoms with Gasteiger partial charge >= 0.3 is 12.1 Å². The van der Waals surface area contributed by atoms with Gasteiger partial charge in [-0.05, 0) is 12.5 Å². The molecule has 0 fully saturated rings. The van der Waals surface area contributed by atoms with Crippen LogP contribution in [0.4, 0.5) is 4.79 Å². The van der Waals surface area contributed by atoms with Crippen LogP contribution in [0.2, 0.25) is 5.02 Å². The maximum absolute atomic E-state index is 11.8. The number of hydrogen-bond donors (Lipinski definition) is 2. The first-order chi connectivity index (χ1) is 11.4. The Kier molecular flexibility index (Phi) is 5.81. The number of hydrogen-bond acceptors (Lipinski definition) is 4. The van der Waals surface area contributed by atoms with E-state index in [9.17, 15) is 14.7 Å². The van der Waals surface area contributed by atoms with Gasteiger partial charge in [0.1, 0.15) is 12.6 Å². The Bertz CT molecular complexity index is 730. The maximum Gasteiger partial charge on any atom is 0.408 e. The molecule has 0 saturated heterocycles. The minimum Gasteiger partial charge on any atom is -0.480 e. The van der Waals surface area contributed by atoms with Crippen molar-refractivity contribution in [2.45, 2.75) is 26.0 Å². The highest BCUT2D eigenvalue weighted by Gasteiger charge is 2.25. The van der Waals surface area contributed by atoms with E-state index in [4.69, 9.17) is 16.3 Å². The van der Waals surface area contributed by atoms with Crippen molar-refractivity contribution in [3.05, 3.63) is 52.3 Å². The van der Waals surface area contributed by atoms with Crippen molar-refractivity contribution in [2.75, 3.05) is 0 Å². The molecule has 0 bridgehead atoms. The fourth-order valence-corrected chi connectivity index (χ4v) is 2.44. The zero-order valence-corrected chi connectivity index (χ0v) is 14.1. The van der Waals surface area contributed by atoms with E-state index in [2.05, 4.69) is 10.4 Å². The molecule has 0 saturated carbocycles. The molecule has 0 radical (unpaired) electrons. The summed E-state index contributed by atoms with van der Waals surface area (Å²) >= 11 is 6.12. The second-order valence-electron chi connectivity index (χ2n) is 5.27. The lowest BCUT2D eigenvalue weighted by atomic mass is 10.1. The summed E-state index contributed by atoms with van der Waals surface area (Å²) in [7, 11) is 1.67. The molecule has 1 unspecified atom stereocenters. The van der Waals surface area contributed by atoms with Crippen molar-refractivity contribution in [1.29, 1.82) is 0 Å². The highest BCUT2D eigenvalue weighted by atomic mass is 35.5. The molecule has 1 heterocycles. The van der Waals surface area contributed by atoms with Crippen LogP contribution in [0, 0.1) is 6.92 Å². The van der Waals surface area contributed by atoms with Crippen LogP contribution in [-0.2, 0) is 29.6 Å². The number of aryl methyl sites for hydroxylation is 2. The first-order valence-corrected chi connectivity index (χ1v) is 7.64. The zero-order valence-electron chi connectivity index (χ0n) is 13.3. The van der Waals surface area contributed by atoms with E-state index in [0.717, 1.165) is 5.56 Å². The normalized spacial score (nSPS) is 11.8. The lowest BCUT2D eigenvalue weighted by molar-refractivity contribution is -0.139. The molecule has 0 aliphatic rings. The van der Waals surface area contributed by atoms with Gasteiger partial charge in [0.05, 0.1) is 16.4 Å². The van der Waals surface area contributed by atoms with E-state index in [0.29, 0.717) is 16.4 Å². The second-order valence-corrected chi connectivity index (χ2v) is 5.65. The number of halogens is 1. The van der Waals surface area contributed by atoms with Crippen LogP contribution in [0.25, 0.3) is 0 Å². The van der Waals surface area contributed by atoms with Crippen LogP contribution in [0.3, 0.4) is 0 Å². The minimum atomic E-state index is -1.18. The molecule has 1 aromatic carbocycles. The average molecular weight is 352 g/mol. The summed E-state index contributed by atoms with van der Waals surface area (Å²) in [6.07, 6.45) is -0.798. The van der Waals surface area contributed by atoms with Crippen molar-refractivity contribution in [3.63, 3.8) is 0 Å². The third-order valence-corrected chi connectivity index (χ3v) is 3.95. The summed E-state index contributed by atoms with van der Waals surface area (Å²) in [5.41, 5.74) is 1.94. The van der Waals surface area contributed by atoms with Crippen molar-refractivity contribution < 1.29 is 19.4 Å². The van der Waals surface area contributed by atoms with E-state index in [1.165, 1.54) is 4.68 Å². The topological polar surface area (TPSA) is 93.5 Å². The van der Waals surface area contributed by atoms with Crippen LogP contribution < -0.4 is 5.32 Å². The standard InChI is InChI=1S/C16H18ClN3O4/c1-10-14(17)13(20(2)19-10)8-12(15(21)22)18-16(23)24-9-11-6-4-3-5-7-11/h3-7,12H,8-9H2,1-2H3,(H,18,23)(H,21,22). The Hall–Kier alpha value is -2.54. The Morgan fingerprint density at radius 3 is 2.58 bits per heavy atom. The van der Waals surface area contributed by atoms with Crippen LogP contribution in [0.15, 0.2) is 30.3 Å². The average Bonchev–Trinajstić information content (AvgIpc) is 2.79. The predicted octanol–water partition coefficient (Wildman–Crippen LogP) is 2.30. The summed E-state index contributed by atoms with van der Waals surface area (Å²) in [5, 5.41) is 16.2. The molecule has 2 aromatic rings. The van der Waals surface area contributed by atoms with Crippen molar-refractivity contribution in [3.8, 4) is 0 Å². The lowest BCUT2D eigenvalue weighted by Crippen LogP contribution is -2.43. The molecule has 8 heteroatoms. The number of alkyl carbamates (subject to hydrolysis) is 1. The molecule has 128 valence electrons. The summed E-state index contributed by atoms with van der Waals surface area (Å²) in [5.74, 6) is -1.18. The van der Waals surface area contributed by atoms with Gasteiger partial charge < -0.3 is 15.2 Å². The fourth-order valence-electron chi connectivity index (χ4n) is 2.20. The van der Waals surface area contributed by atoms with Gasteiger partial charge in [0.2, 0.25) is 0 Å². The Labute approximate surface area is 144 Å². The highest BCUT2D eigenvalue weighted by Crippen LogP contribution is 2.20. The third-order valence-electron chi connectivity index (χ3n) is 3.46. The van der Waals surface area contributed by atoms with Crippen molar-refractivity contribution >= 4 is 23.7 Å². The second kappa shape index (κ2) is 7.83. The number of carboxylic acid groups (broad SMARTS) is 1. The van der Waals surface area contributed by atoms with E-state index >= 15 is 0 Å². The quantitative estimate of drug-likeness (QED) is 0.833. The van der Waals surface area contributed by atoms with Gasteiger partial charge in [0.25, 0.3) is 0 Å². The van der Waals surface area contributed by atoms with Crippen LogP contribution >= 0.6 is 11.6 Å². The van der Waals surface area contributed by atoms with Crippen LogP contribution in [-0.4, -0.2) is 33.0 Å². The first kappa shape index (κ1) is 17.8. The van der Waals surface area contributed by atoms with Gasteiger partial charge in [-0.1, -0.05) is 41.9 Å². The number of aromatic nitrogens is 2. The van der Waals surface area contributed by atoms with Crippen molar-refractivity contribution in [2.24, 2.45) is 7.05 Å². The maximum atomic E-state index is 11.8. The van der Waals surface area contributed by atoms with Gasteiger partial charge in [0.15, 0.2) is 0 Å². The van der Waals surface area contributed by atoms with Gasteiger partial charge in [-0.25, -0.2) is 9.59 Å². The van der Waals surface area contributed by atoms with E-state index in [-0.39, 0.29) is 13.0 Å². The molecule has 1 atom stereocenters. The number of nitrogens with zero attached hydrogens (tertiary/aromatic N) is 2. The largest absolute Gasteiger partial charge is 0.480 e. The van der Waals surface area contributed by atoms with Gasteiger partial charge in [-0.3, -0.25) is 4.68 Å². The van der Waals surface area contributed by atoms with Crippen LogP contribution in [0.1, 0.15) is 17.0 Å². The Balaban J connectivity index is 1.98. The molecular formula is C16H18ClN3O4. The number of ether oxygens (including phenoxy) is 1. The van der Waals surface area contributed by atoms with Gasteiger partial charge in [-0.2, -0.15) is 5.10 Å². The first-order valence-electron chi connectivity index (χ1n) is 7.26. The van der Waals surface area contributed by atoms with E-state index in [1.54, 1.807) is 26.1 Å². The molecule has 0 spiro atoms. The third kappa shape index (κ3) is 4.48. The molecule has 0 aliphatic heterocycles. The summed E-state index contributed by atoms with van der Waals surface area (Å²) in [4.78, 5) is 23.2. The van der Waals surface area contributed by atoms with Gasteiger partial charge in [-0.15, -0.1) is 0 Å². The molecule has 0 aliphatic carbocycles. The molecule has 1 amide bonds. The monoisotopic (exact) mass is 351 g/mol. The van der Waals surface area contributed by atoms with E-state index < -0.39 is 18.1 Å². The zero-order chi connectivity index (χ0) is 17.7. The molecule has 2 N–H and O–H groups in total. The Morgan fingerprint density at radius 1 is 1.38 bits per heavy atom. The van der Waals surface area contributed by atoms with E-state index in [1.807, 2.05) is 18.2 Å². The molecule has 1 aromatic heterocycles. The van der Waals surface area contributed by atoms with Gasteiger partial charge in [0, 0.05) is 13.5 Å². The fraction of sp³-hybridized carbons (Fsp3) is 0.312. The number of carboxylic acids is 1. The number of nitrogens with one attached hydrogen (secondary N) is 1. The molecular weight excluding hydrogens is 334 g/mol. The summed E-state index contributed by atoms with van der Waals surface area (Å²) < 4.78 is 6.55.